The highest BCUT2D eigenvalue weighted by Crippen LogP contribution is 2.28. The Bertz CT molecular complexity index is 766. The lowest BCUT2D eigenvalue weighted by atomic mass is 10.1. The summed E-state index contributed by atoms with van der Waals surface area (Å²) in [5.41, 5.74) is 5.68. The quantitative estimate of drug-likeness (QED) is 0.736. The molecule has 7 nitrogen and oxygen atoms in total. The van der Waals surface area contributed by atoms with Gasteiger partial charge in [-0.1, -0.05) is 18.6 Å². The van der Waals surface area contributed by atoms with Gasteiger partial charge in [-0.15, -0.1) is 12.4 Å². The third-order valence-corrected chi connectivity index (χ3v) is 7.72. The van der Waals surface area contributed by atoms with Crippen molar-refractivity contribution in [1.29, 1.82) is 0 Å². The molecule has 3 N–H and O–H groups in total. The maximum Gasteiger partial charge on any atom is 0.243 e. The predicted molar refractivity (Wildman–Crippen MR) is 95.1 cm³/mol. The van der Waals surface area contributed by atoms with Crippen molar-refractivity contribution in [3.8, 4) is 0 Å². The van der Waals surface area contributed by atoms with Gasteiger partial charge >= 0.3 is 0 Å². The summed E-state index contributed by atoms with van der Waals surface area (Å²) in [6.45, 7) is 0.408. The smallest absolute Gasteiger partial charge is 0.243 e. The minimum absolute atomic E-state index is 0. The number of hydrogen-bond donors (Lipinski definition) is 2. The van der Waals surface area contributed by atoms with Crippen LogP contribution >= 0.6 is 12.4 Å². The molecule has 0 aliphatic heterocycles. The third-order valence-electron chi connectivity index (χ3n) is 4.17. The highest BCUT2D eigenvalue weighted by Gasteiger charge is 2.33. The van der Waals surface area contributed by atoms with E-state index in [2.05, 4.69) is 4.72 Å². The molecule has 0 radical (unpaired) electrons. The number of halogens is 1. The first kappa shape index (κ1) is 21.3. The van der Waals surface area contributed by atoms with Crippen molar-refractivity contribution in [2.75, 3.05) is 20.6 Å². The van der Waals surface area contributed by atoms with Gasteiger partial charge in [0.05, 0.1) is 0 Å². The molecule has 0 aromatic heterocycles. The molecule has 10 heteroatoms. The SMILES string of the molecule is CN(C)S(=O)(=O)c1ccccc1S(=O)(=O)NC1CCCC1CN.Cl. The summed E-state index contributed by atoms with van der Waals surface area (Å²) in [5.74, 6) is 0.0855. The molecular weight excluding hydrogens is 374 g/mol. The molecule has 0 heterocycles. The fraction of sp³-hybridized carbons (Fsp3) is 0.571. The summed E-state index contributed by atoms with van der Waals surface area (Å²) in [7, 11) is -5.06. The van der Waals surface area contributed by atoms with Gasteiger partial charge in [0.1, 0.15) is 9.79 Å². The Kier molecular flexibility index (Phi) is 7.21. The molecule has 2 rings (SSSR count). The molecular formula is C14H24ClN3O4S2. The largest absolute Gasteiger partial charge is 0.330 e. The zero-order chi connectivity index (χ0) is 17.3. The maximum absolute atomic E-state index is 12.7. The van der Waals surface area contributed by atoms with E-state index in [1.54, 1.807) is 0 Å². The molecule has 0 saturated heterocycles. The van der Waals surface area contributed by atoms with E-state index in [1.165, 1.54) is 38.4 Å². The first-order chi connectivity index (χ1) is 10.7. The van der Waals surface area contributed by atoms with Crippen molar-refractivity contribution in [3.05, 3.63) is 24.3 Å². The summed E-state index contributed by atoms with van der Waals surface area (Å²) >= 11 is 0. The summed E-state index contributed by atoms with van der Waals surface area (Å²) in [6, 6.07) is 5.39. The normalized spacial score (nSPS) is 21.7. The molecule has 1 aliphatic carbocycles. The molecule has 1 fully saturated rings. The van der Waals surface area contributed by atoms with E-state index in [1.807, 2.05) is 0 Å². The van der Waals surface area contributed by atoms with E-state index < -0.39 is 20.0 Å². The summed E-state index contributed by atoms with van der Waals surface area (Å²) < 4.78 is 53.8. The van der Waals surface area contributed by atoms with Crippen LogP contribution in [0.2, 0.25) is 0 Å². The molecule has 0 spiro atoms. The van der Waals surface area contributed by atoms with Gasteiger partial charge in [-0.2, -0.15) is 0 Å². The number of nitrogens with two attached hydrogens (primary N) is 1. The summed E-state index contributed by atoms with van der Waals surface area (Å²) in [6.07, 6.45) is 2.50. The minimum atomic E-state index is -3.95. The Morgan fingerprint density at radius 1 is 1.12 bits per heavy atom. The first-order valence-electron chi connectivity index (χ1n) is 7.44. The van der Waals surface area contributed by atoms with E-state index in [4.69, 9.17) is 5.73 Å². The number of sulfonamides is 2. The lowest BCUT2D eigenvalue weighted by molar-refractivity contribution is 0.452. The van der Waals surface area contributed by atoms with Crippen molar-refractivity contribution in [3.63, 3.8) is 0 Å². The van der Waals surface area contributed by atoms with Gasteiger partial charge in [0.2, 0.25) is 20.0 Å². The fourth-order valence-corrected chi connectivity index (χ4v) is 5.86. The van der Waals surface area contributed by atoms with Crippen LogP contribution in [0.5, 0.6) is 0 Å². The fourth-order valence-electron chi connectivity index (χ4n) is 2.82. The van der Waals surface area contributed by atoms with Crippen LogP contribution in [0.15, 0.2) is 34.1 Å². The lowest BCUT2D eigenvalue weighted by Crippen LogP contribution is -2.40. The van der Waals surface area contributed by atoms with Crippen LogP contribution in [-0.4, -0.2) is 47.8 Å². The number of hydrogen-bond acceptors (Lipinski definition) is 5. The van der Waals surface area contributed by atoms with Gasteiger partial charge in [0.15, 0.2) is 0 Å². The molecule has 1 aliphatic rings. The molecule has 2 unspecified atom stereocenters. The molecule has 1 aromatic rings. The Hall–Kier alpha value is -0.710. The van der Waals surface area contributed by atoms with Crippen LogP contribution in [0.3, 0.4) is 0 Å². The van der Waals surface area contributed by atoms with Crippen molar-refractivity contribution in [2.24, 2.45) is 11.7 Å². The minimum Gasteiger partial charge on any atom is -0.330 e. The zero-order valence-corrected chi connectivity index (χ0v) is 16.1. The number of benzene rings is 1. The zero-order valence-electron chi connectivity index (χ0n) is 13.7. The monoisotopic (exact) mass is 397 g/mol. The number of nitrogens with one attached hydrogen (secondary N) is 1. The van der Waals surface area contributed by atoms with Crippen LogP contribution in [0.25, 0.3) is 0 Å². The van der Waals surface area contributed by atoms with Crippen LogP contribution in [0, 0.1) is 5.92 Å². The number of rotatable bonds is 6. The van der Waals surface area contributed by atoms with Gasteiger partial charge in [-0.3, -0.25) is 0 Å². The van der Waals surface area contributed by atoms with E-state index in [0.717, 1.165) is 17.1 Å². The molecule has 24 heavy (non-hydrogen) atoms. The van der Waals surface area contributed by atoms with Crippen LogP contribution in [0.4, 0.5) is 0 Å². The van der Waals surface area contributed by atoms with Gasteiger partial charge in [-0.05, 0) is 37.4 Å². The average Bonchev–Trinajstić information content (AvgIpc) is 2.93. The Labute approximate surface area is 150 Å². The standard InChI is InChI=1S/C14H23N3O4S2.ClH/c1-17(2)23(20,21)14-9-4-3-8-13(14)22(18,19)16-12-7-5-6-11(12)10-15;/h3-4,8-9,11-12,16H,5-7,10,15H2,1-2H3;1H. The van der Waals surface area contributed by atoms with E-state index >= 15 is 0 Å². The van der Waals surface area contributed by atoms with E-state index in [0.29, 0.717) is 13.0 Å². The molecule has 0 amide bonds. The predicted octanol–water partition coefficient (Wildman–Crippen LogP) is 0.764. The summed E-state index contributed by atoms with van der Waals surface area (Å²) in [5, 5.41) is 0. The summed E-state index contributed by atoms with van der Waals surface area (Å²) in [4.78, 5) is -0.448. The Morgan fingerprint density at radius 2 is 1.71 bits per heavy atom. The van der Waals surface area contributed by atoms with Crippen LogP contribution in [-0.2, 0) is 20.0 Å². The maximum atomic E-state index is 12.7. The van der Waals surface area contributed by atoms with Crippen molar-refractivity contribution in [1.82, 2.24) is 9.03 Å². The second-order valence-corrected chi connectivity index (χ2v) is 9.69. The Balaban J connectivity index is 0.00000288. The van der Waals surface area contributed by atoms with Gasteiger partial charge < -0.3 is 5.73 Å². The van der Waals surface area contributed by atoms with Gasteiger partial charge in [0.25, 0.3) is 0 Å². The van der Waals surface area contributed by atoms with Crippen LogP contribution < -0.4 is 10.5 Å². The molecule has 138 valence electrons. The molecule has 0 bridgehead atoms. The average molecular weight is 398 g/mol. The molecule has 2 atom stereocenters. The van der Waals surface area contributed by atoms with Gasteiger partial charge in [0, 0.05) is 20.1 Å². The van der Waals surface area contributed by atoms with Crippen molar-refractivity contribution in [2.45, 2.75) is 35.1 Å². The first-order valence-corrected chi connectivity index (χ1v) is 10.4. The molecule has 1 saturated carbocycles. The molecule has 1 aromatic carbocycles. The second-order valence-electron chi connectivity index (χ2n) is 5.89. The highest BCUT2D eigenvalue weighted by molar-refractivity contribution is 7.92. The van der Waals surface area contributed by atoms with Gasteiger partial charge in [-0.25, -0.2) is 25.9 Å². The topological polar surface area (TPSA) is 110 Å². The Morgan fingerprint density at radius 3 is 2.25 bits per heavy atom. The number of nitrogens with zero attached hydrogens (tertiary/aromatic N) is 1. The van der Waals surface area contributed by atoms with E-state index in [-0.39, 0.29) is 34.2 Å². The van der Waals surface area contributed by atoms with E-state index in [9.17, 15) is 16.8 Å². The van der Waals surface area contributed by atoms with Crippen molar-refractivity contribution < 1.29 is 16.8 Å². The van der Waals surface area contributed by atoms with Crippen molar-refractivity contribution >= 4 is 32.5 Å². The van der Waals surface area contributed by atoms with Crippen LogP contribution in [0.1, 0.15) is 19.3 Å². The lowest BCUT2D eigenvalue weighted by Gasteiger charge is -2.21. The highest BCUT2D eigenvalue weighted by atomic mass is 35.5. The third kappa shape index (κ3) is 4.27. The second kappa shape index (κ2) is 8.11.